The second kappa shape index (κ2) is 19.3. The van der Waals surface area contributed by atoms with Crippen LogP contribution in [0.15, 0.2) is 44.2 Å². The molecular weight excluding hydrogens is 577 g/mol. The lowest BCUT2D eigenvalue weighted by atomic mass is 10.1. The standard InChI is InChI=1S/C30H40N4O2S4/c1-23-15-25-19-31-3-7-37-11-13-39-9-5-33-21-27-17-24(2)18-28(30(27)36)22-34-6-10-40-14-12-38-8-4-32-20-26(16-23)29(25)35/h15-22,35-36H,3-14H2,1-2H3. The van der Waals surface area contributed by atoms with Crippen LogP contribution in [0.3, 0.4) is 0 Å². The fourth-order valence-corrected chi connectivity index (χ4v) is 7.47. The quantitative estimate of drug-likeness (QED) is 0.375. The number of aliphatic imine (C=N–C) groups is 4. The van der Waals surface area contributed by atoms with Gasteiger partial charge in [0, 0.05) is 119 Å². The maximum absolute atomic E-state index is 10.7. The van der Waals surface area contributed by atoms with Crippen molar-refractivity contribution >= 4 is 71.9 Å². The third kappa shape index (κ3) is 12.3. The molecule has 0 spiro atoms. The number of aromatic hydroxyl groups is 2. The average molecular weight is 617 g/mol. The lowest BCUT2D eigenvalue weighted by Gasteiger charge is -2.06. The maximum Gasteiger partial charge on any atom is 0.133 e. The van der Waals surface area contributed by atoms with Gasteiger partial charge in [-0.25, -0.2) is 0 Å². The molecule has 216 valence electrons. The molecule has 0 radical (unpaired) electrons. The molecule has 6 nitrogen and oxygen atoms in total. The highest BCUT2D eigenvalue weighted by Crippen LogP contribution is 2.23. The van der Waals surface area contributed by atoms with E-state index in [1.807, 2.05) is 85.2 Å². The van der Waals surface area contributed by atoms with Crippen LogP contribution in [0.25, 0.3) is 0 Å². The summed E-state index contributed by atoms with van der Waals surface area (Å²) < 4.78 is 0. The van der Waals surface area contributed by atoms with Gasteiger partial charge < -0.3 is 10.2 Å². The van der Waals surface area contributed by atoms with Gasteiger partial charge in [0.1, 0.15) is 11.5 Å². The molecule has 3 rings (SSSR count). The van der Waals surface area contributed by atoms with E-state index in [2.05, 4.69) is 20.0 Å². The number of phenols is 2. The molecule has 0 saturated carbocycles. The minimum absolute atomic E-state index is 0.244. The topological polar surface area (TPSA) is 89.9 Å². The monoisotopic (exact) mass is 616 g/mol. The van der Waals surface area contributed by atoms with Crippen LogP contribution < -0.4 is 0 Å². The molecule has 40 heavy (non-hydrogen) atoms. The molecular formula is C30H40N4O2S4. The third-order valence-electron chi connectivity index (χ3n) is 5.75. The minimum Gasteiger partial charge on any atom is -0.507 e. The molecule has 10 heteroatoms. The Kier molecular flexibility index (Phi) is 15.7. The predicted molar refractivity (Wildman–Crippen MR) is 185 cm³/mol. The van der Waals surface area contributed by atoms with Crippen LogP contribution in [0.1, 0.15) is 33.4 Å². The van der Waals surface area contributed by atoms with Gasteiger partial charge in [0.25, 0.3) is 0 Å². The Morgan fingerprint density at radius 1 is 0.450 bits per heavy atom. The summed E-state index contributed by atoms with van der Waals surface area (Å²) in [6.07, 6.45) is 7.11. The Morgan fingerprint density at radius 3 is 0.950 bits per heavy atom. The van der Waals surface area contributed by atoms with Crippen molar-refractivity contribution in [3.63, 3.8) is 0 Å². The van der Waals surface area contributed by atoms with Crippen molar-refractivity contribution in [3.05, 3.63) is 57.6 Å². The molecule has 1 aliphatic heterocycles. The molecule has 0 aliphatic carbocycles. The normalized spacial score (nSPS) is 17.4. The van der Waals surface area contributed by atoms with Crippen molar-refractivity contribution in [1.29, 1.82) is 0 Å². The summed E-state index contributed by atoms with van der Waals surface area (Å²) in [4.78, 5) is 18.1. The molecule has 0 saturated heterocycles. The van der Waals surface area contributed by atoms with E-state index in [-0.39, 0.29) is 11.5 Å². The first-order chi connectivity index (χ1) is 19.5. The van der Waals surface area contributed by atoms with Crippen LogP contribution in [0.5, 0.6) is 11.5 Å². The molecule has 1 aliphatic rings. The van der Waals surface area contributed by atoms with E-state index in [1.165, 1.54) is 0 Å². The first-order valence-corrected chi connectivity index (χ1v) is 18.1. The van der Waals surface area contributed by atoms with Gasteiger partial charge in [-0.1, -0.05) is 0 Å². The zero-order valence-electron chi connectivity index (χ0n) is 23.4. The highest BCUT2D eigenvalue weighted by atomic mass is 32.2. The zero-order chi connectivity index (χ0) is 28.4. The summed E-state index contributed by atoms with van der Waals surface area (Å²) in [7, 11) is 0. The lowest BCUT2D eigenvalue weighted by molar-refractivity contribution is 0.473. The van der Waals surface area contributed by atoms with Crippen LogP contribution in [0, 0.1) is 13.8 Å². The average Bonchev–Trinajstić information content (AvgIpc) is 2.93. The summed E-state index contributed by atoms with van der Waals surface area (Å²) in [5, 5.41) is 21.4. The van der Waals surface area contributed by atoms with E-state index in [9.17, 15) is 10.2 Å². The van der Waals surface area contributed by atoms with Crippen molar-refractivity contribution in [2.24, 2.45) is 20.0 Å². The number of fused-ring (bicyclic) bond motifs is 4. The summed E-state index contributed by atoms with van der Waals surface area (Å²) in [6.45, 7) is 6.94. The van der Waals surface area contributed by atoms with E-state index in [0.717, 1.165) is 106 Å². The minimum atomic E-state index is 0.244. The van der Waals surface area contributed by atoms with Gasteiger partial charge in [-0.2, -0.15) is 47.0 Å². The largest absolute Gasteiger partial charge is 0.507 e. The van der Waals surface area contributed by atoms with E-state index in [1.54, 1.807) is 24.9 Å². The first kappa shape index (κ1) is 32.6. The Labute approximate surface area is 256 Å². The second-order valence-corrected chi connectivity index (χ2v) is 14.1. The molecule has 2 aromatic rings. The van der Waals surface area contributed by atoms with Crippen LogP contribution >= 0.6 is 47.0 Å². The predicted octanol–water partition coefficient (Wildman–Crippen LogP) is 6.04. The van der Waals surface area contributed by atoms with Gasteiger partial charge in [-0.15, -0.1) is 0 Å². The van der Waals surface area contributed by atoms with Crippen LogP contribution in [-0.4, -0.2) is 107 Å². The van der Waals surface area contributed by atoms with Gasteiger partial charge in [0.05, 0.1) is 0 Å². The molecule has 0 unspecified atom stereocenters. The highest BCUT2D eigenvalue weighted by molar-refractivity contribution is 8.03. The number of hydrogen-bond acceptors (Lipinski definition) is 10. The SMILES string of the molecule is Cc1cc2c(O)c(c1)C=NCCSCCSCCN=Cc1cc(C)cc(c1O)C=NCCSCCSCCN=C2. The van der Waals surface area contributed by atoms with Crippen molar-refractivity contribution < 1.29 is 10.2 Å². The lowest BCUT2D eigenvalue weighted by Crippen LogP contribution is -1.97. The smallest absolute Gasteiger partial charge is 0.133 e. The summed E-state index contributed by atoms with van der Waals surface area (Å²) in [5.41, 5.74) is 5.14. The van der Waals surface area contributed by atoms with Gasteiger partial charge in [-0.05, 0) is 49.2 Å². The molecule has 0 atom stereocenters. The third-order valence-corrected chi connectivity index (χ3v) is 10.1. The molecule has 4 bridgehead atoms. The van der Waals surface area contributed by atoms with Crippen LogP contribution in [0.4, 0.5) is 0 Å². The summed E-state index contributed by atoms with van der Waals surface area (Å²) in [6, 6.07) is 7.85. The van der Waals surface area contributed by atoms with Crippen LogP contribution in [-0.2, 0) is 0 Å². The van der Waals surface area contributed by atoms with E-state index in [0.29, 0.717) is 0 Å². The van der Waals surface area contributed by atoms with Gasteiger partial charge in [-0.3, -0.25) is 20.0 Å². The van der Waals surface area contributed by atoms with Crippen molar-refractivity contribution in [3.8, 4) is 11.5 Å². The molecule has 0 amide bonds. The van der Waals surface area contributed by atoms with E-state index in [4.69, 9.17) is 0 Å². The highest BCUT2D eigenvalue weighted by Gasteiger charge is 2.07. The van der Waals surface area contributed by atoms with E-state index >= 15 is 0 Å². The molecule has 0 fully saturated rings. The number of benzene rings is 2. The Hall–Kier alpha value is -1.88. The van der Waals surface area contributed by atoms with Crippen LogP contribution in [0.2, 0.25) is 0 Å². The second-order valence-electron chi connectivity index (χ2n) is 9.17. The van der Waals surface area contributed by atoms with Gasteiger partial charge in [0.15, 0.2) is 0 Å². The van der Waals surface area contributed by atoms with Crippen molar-refractivity contribution in [2.75, 3.05) is 72.2 Å². The molecule has 1 heterocycles. The Morgan fingerprint density at radius 2 is 0.700 bits per heavy atom. The first-order valence-electron chi connectivity index (χ1n) is 13.5. The van der Waals surface area contributed by atoms with E-state index < -0.39 is 0 Å². The van der Waals surface area contributed by atoms with Crippen molar-refractivity contribution in [2.45, 2.75) is 13.8 Å². The zero-order valence-corrected chi connectivity index (χ0v) is 26.7. The fraction of sp³-hybridized carbons (Fsp3) is 0.467. The number of thioether (sulfide) groups is 4. The number of aryl methyl sites for hydroxylation is 2. The number of phenolic OH excluding ortho intramolecular Hbond substituents is 2. The Bertz CT molecular complexity index is 1010. The number of hydrogen-bond donors (Lipinski definition) is 2. The number of rotatable bonds is 0. The van der Waals surface area contributed by atoms with Gasteiger partial charge >= 0.3 is 0 Å². The fourth-order valence-electron chi connectivity index (χ4n) is 3.83. The molecule has 2 aromatic carbocycles. The molecule has 0 aromatic heterocycles. The van der Waals surface area contributed by atoms with Crippen molar-refractivity contribution in [1.82, 2.24) is 0 Å². The molecule has 2 N–H and O–H groups in total. The Balaban J connectivity index is 1.56. The number of nitrogens with zero attached hydrogens (tertiary/aromatic N) is 4. The summed E-state index contributed by atoms with van der Waals surface area (Å²) >= 11 is 7.56. The maximum atomic E-state index is 10.7. The summed E-state index contributed by atoms with van der Waals surface area (Å²) in [5.74, 6) is 8.56. The van der Waals surface area contributed by atoms with Gasteiger partial charge in [0.2, 0.25) is 0 Å².